The fraction of sp³-hybridized carbons (Fsp3) is 0.556. The number of nitrogens with one attached hydrogen (secondary N) is 2. The Morgan fingerprint density at radius 1 is 1.71 bits per heavy atom. The maximum Gasteiger partial charge on any atom is 0.252 e. The Bertz CT molecular complexity index is 430. The number of fused-ring (bicyclic) bond motifs is 1. The molecular weight excluding hydrogens is 226 g/mol. The number of anilines is 1. The molecule has 2 heterocycles. The standard InChI is InChI=1S/C9H13N5O3/c1-17-3-2-10-7(15)4-6-8(16)13-9-11-5-12-14(6)9/h5-6H,2-4H2,1H3,(H,10,15)(H,11,12,13,16)/t6-/m1/s1. The van der Waals surface area contributed by atoms with Crippen molar-refractivity contribution in [2.24, 2.45) is 0 Å². The van der Waals surface area contributed by atoms with Crippen molar-refractivity contribution in [1.29, 1.82) is 0 Å². The first-order valence-corrected chi connectivity index (χ1v) is 5.18. The van der Waals surface area contributed by atoms with Crippen molar-refractivity contribution in [3.05, 3.63) is 6.33 Å². The van der Waals surface area contributed by atoms with E-state index in [1.165, 1.54) is 11.0 Å². The average molecular weight is 239 g/mol. The Morgan fingerprint density at radius 2 is 2.53 bits per heavy atom. The van der Waals surface area contributed by atoms with Gasteiger partial charge in [0.1, 0.15) is 12.4 Å². The van der Waals surface area contributed by atoms with Gasteiger partial charge in [0.2, 0.25) is 11.9 Å². The lowest BCUT2D eigenvalue weighted by Gasteiger charge is -2.08. The summed E-state index contributed by atoms with van der Waals surface area (Å²) < 4.78 is 6.22. The van der Waals surface area contributed by atoms with Crippen LogP contribution in [0.3, 0.4) is 0 Å². The molecule has 8 nitrogen and oxygen atoms in total. The van der Waals surface area contributed by atoms with E-state index in [1.807, 2.05) is 0 Å². The van der Waals surface area contributed by atoms with E-state index in [4.69, 9.17) is 4.74 Å². The number of hydrogen-bond donors (Lipinski definition) is 2. The molecule has 1 atom stereocenters. The molecule has 0 radical (unpaired) electrons. The summed E-state index contributed by atoms with van der Waals surface area (Å²) in [6, 6.07) is -0.616. The number of hydrogen-bond acceptors (Lipinski definition) is 5. The predicted molar refractivity (Wildman–Crippen MR) is 57.2 cm³/mol. The van der Waals surface area contributed by atoms with Gasteiger partial charge in [-0.15, -0.1) is 0 Å². The number of rotatable bonds is 5. The van der Waals surface area contributed by atoms with E-state index in [1.54, 1.807) is 7.11 Å². The largest absolute Gasteiger partial charge is 0.383 e. The van der Waals surface area contributed by atoms with Crippen LogP contribution in [0.1, 0.15) is 12.5 Å². The highest BCUT2D eigenvalue weighted by Crippen LogP contribution is 2.23. The highest BCUT2D eigenvalue weighted by Gasteiger charge is 2.33. The number of methoxy groups -OCH3 is 1. The zero-order chi connectivity index (χ0) is 12.3. The number of nitrogens with zero attached hydrogens (tertiary/aromatic N) is 3. The zero-order valence-corrected chi connectivity index (χ0v) is 9.34. The van der Waals surface area contributed by atoms with Gasteiger partial charge in [-0.25, -0.2) is 4.68 Å². The van der Waals surface area contributed by atoms with Gasteiger partial charge in [-0.3, -0.25) is 14.9 Å². The molecule has 0 saturated carbocycles. The topological polar surface area (TPSA) is 98.1 Å². The van der Waals surface area contributed by atoms with Crippen LogP contribution in [0.2, 0.25) is 0 Å². The third-order valence-electron chi connectivity index (χ3n) is 2.41. The third-order valence-corrected chi connectivity index (χ3v) is 2.41. The minimum Gasteiger partial charge on any atom is -0.383 e. The molecule has 8 heteroatoms. The second-order valence-corrected chi connectivity index (χ2v) is 3.58. The first-order valence-electron chi connectivity index (χ1n) is 5.18. The molecule has 2 amide bonds. The monoisotopic (exact) mass is 239 g/mol. The summed E-state index contributed by atoms with van der Waals surface area (Å²) in [6.07, 6.45) is 1.39. The van der Waals surface area contributed by atoms with Crippen LogP contribution in [0.15, 0.2) is 6.33 Å². The number of amides is 2. The molecule has 0 unspecified atom stereocenters. The lowest BCUT2D eigenvalue weighted by Crippen LogP contribution is -2.31. The average Bonchev–Trinajstić information content (AvgIpc) is 2.83. The van der Waals surface area contributed by atoms with Crippen molar-refractivity contribution in [1.82, 2.24) is 20.1 Å². The van der Waals surface area contributed by atoms with Crippen molar-refractivity contribution in [3.8, 4) is 0 Å². The molecule has 2 N–H and O–H groups in total. The van der Waals surface area contributed by atoms with Crippen LogP contribution in [0.5, 0.6) is 0 Å². The maximum absolute atomic E-state index is 11.5. The summed E-state index contributed by atoms with van der Waals surface area (Å²) in [5.74, 6) is -0.0993. The van der Waals surface area contributed by atoms with Gasteiger partial charge in [0, 0.05) is 13.7 Å². The second kappa shape index (κ2) is 4.91. The quantitative estimate of drug-likeness (QED) is 0.637. The molecule has 1 aliphatic heterocycles. The Kier molecular flexibility index (Phi) is 3.33. The second-order valence-electron chi connectivity index (χ2n) is 3.58. The van der Waals surface area contributed by atoms with E-state index in [0.717, 1.165) is 0 Å². The Hall–Kier alpha value is -1.96. The van der Waals surface area contributed by atoms with Crippen LogP contribution in [0.25, 0.3) is 0 Å². The van der Waals surface area contributed by atoms with Crippen LogP contribution in [-0.2, 0) is 14.3 Å². The van der Waals surface area contributed by atoms with Crippen LogP contribution in [0, 0.1) is 0 Å². The summed E-state index contributed by atoms with van der Waals surface area (Å²) >= 11 is 0. The van der Waals surface area contributed by atoms with Gasteiger partial charge in [0.15, 0.2) is 0 Å². The summed E-state index contributed by atoms with van der Waals surface area (Å²) in [4.78, 5) is 26.9. The van der Waals surface area contributed by atoms with Crippen molar-refractivity contribution < 1.29 is 14.3 Å². The fourth-order valence-electron chi connectivity index (χ4n) is 1.59. The lowest BCUT2D eigenvalue weighted by molar-refractivity contribution is -0.126. The normalized spacial score (nSPS) is 17.7. The summed E-state index contributed by atoms with van der Waals surface area (Å²) in [6.45, 7) is 0.866. The first kappa shape index (κ1) is 11.5. The van der Waals surface area contributed by atoms with Crippen LogP contribution < -0.4 is 10.6 Å². The van der Waals surface area contributed by atoms with Crippen molar-refractivity contribution in [2.75, 3.05) is 25.6 Å². The van der Waals surface area contributed by atoms with E-state index < -0.39 is 6.04 Å². The molecule has 2 rings (SSSR count). The van der Waals surface area contributed by atoms with E-state index in [0.29, 0.717) is 19.1 Å². The van der Waals surface area contributed by atoms with Gasteiger partial charge in [0.05, 0.1) is 13.0 Å². The molecule has 0 aromatic carbocycles. The van der Waals surface area contributed by atoms with E-state index in [2.05, 4.69) is 20.7 Å². The molecule has 0 saturated heterocycles. The number of carbonyl (C=O) groups excluding carboxylic acids is 2. The predicted octanol–water partition coefficient (Wildman–Crippen LogP) is -1.08. The molecule has 1 aromatic rings. The van der Waals surface area contributed by atoms with E-state index >= 15 is 0 Å². The van der Waals surface area contributed by atoms with Gasteiger partial charge in [-0.1, -0.05) is 0 Å². The SMILES string of the molecule is COCCNC(=O)C[C@@H]1C(=O)Nc2ncnn21. The minimum atomic E-state index is -0.616. The molecule has 0 aliphatic carbocycles. The third kappa shape index (κ3) is 2.41. The van der Waals surface area contributed by atoms with Gasteiger partial charge in [0.25, 0.3) is 5.91 Å². The first-order chi connectivity index (χ1) is 8.22. The number of aromatic nitrogens is 3. The lowest BCUT2D eigenvalue weighted by atomic mass is 10.2. The van der Waals surface area contributed by atoms with Gasteiger partial charge in [-0.05, 0) is 0 Å². The highest BCUT2D eigenvalue weighted by molar-refractivity contribution is 5.98. The molecule has 0 fully saturated rings. The van der Waals surface area contributed by atoms with Crippen LogP contribution >= 0.6 is 0 Å². The number of ether oxygens (including phenoxy) is 1. The Balaban J connectivity index is 1.91. The molecule has 92 valence electrons. The van der Waals surface area contributed by atoms with E-state index in [-0.39, 0.29) is 18.2 Å². The van der Waals surface area contributed by atoms with Crippen molar-refractivity contribution >= 4 is 17.8 Å². The Morgan fingerprint density at radius 3 is 3.29 bits per heavy atom. The molecule has 0 spiro atoms. The van der Waals surface area contributed by atoms with Crippen LogP contribution in [0.4, 0.5) is 5.95 Å². The number of carbonyl (C=O) groups is 2. The van der Waals surface area contributed by atoms with E-state index in [9.17, 15) is 9.59 Å². The molecule has 1 aromatic heterocycles. The van der Waals surface area contributed by atoms with Crippen molar-refractivity contribution in [2.45, 2.75) is 12.5 Å². The van der Waals surface area contributed by atoms with Crippen molar-refractivity contribution in [3.63, 3.8) is 0 Å². The van der Waals surface area contributed by atoms with Gasteiger partial charge >= 0.3 is 0 Å². The maximum atomic E-state index is 11.5. The zero-order valence-electron chi connectivity index (χ0n) is 9.34. The molecule has 0 bridgehead atoms. The highest BCUT2D eigenvalue weighted by atomic mass is 16.5. The van der Waals surface area contributed by atoms with Crippen LogP contribution in [-0.4, -0.2) is 46.8 Å². The molecule has 1 aliphatic rings. The Labute approximate surface area is 97.3 Å². The van der Waals surface area contributed by atoms with Gasteiger partial charge in [-0.2, -0.15) is 10.1 Å². The minimum absolute atomic E-state index is 0.0475. The smallest absolute Gasteiger partial charge is 0.252 e. The van der Waals surface area contributed by atoms with Gasteiger partial charge < -0.3 is 10.1 Å². The molecular formula is C9H13N5O3. The molecule has 17 heavy (non-hydrogen) atoms. The summed E-state index contributed by atoms with van der Waals surface area (Å²) in [7, 11) is 1.55. The fourth-order valence-corrected chi connectivity index (χ4v) is 1.59. The summed E-state index contributed by atoms with van der Waals surface area (Å²) in [5.41, 5.74) is 0. The summed E-state index contributed by atoms with van der Waals surface area (Å²) in [5, 5.41) is 9.09.